The van der Waals surface area contributed by atoms with E-state index in [0.29, 0.717) is 24.2 Å². The lowest BCUT2D eigenvalue weighted by molar-refractivity contribution is 0.580. The van der Waals surface area contributed by atoms with Crippen molar-refractivity contribution < 1.29 is 8.78 Å². The highest BCUT2D eigenvalue weighted by atomic mass is 19.1. The number of nitrogens with one attached hydrogen (secondary N) is 1. The molecule has 3 N–H and O–H groups in total. The molecule has 0 unspecified atom stereocenters. The first-order chi connectivity index (χ1) is 8.65. The van der Waals surface area contributed by atoms with Crippen LogP contribution in [0.4, 0.5) is 20.2 Å². The molecule has 2 aromatic carbocycles. The van der Waals surface area contributed by atoms with Crippen molar-refractivity contribution in [2.75, 3.05) is 17.6 Å². The number of anilines is 2. The first-order valence-corrected chi connectivity index (χ1v) is 5.68. The van der Waals surface area contributed by atoms with Crippen molar-refractivity contribution >= 4 is 11.4 Å². The smallest absolute Gasteiger partial charge is 0.126 e. The van der Waals surface area contributed by atoms with Crippen LogP contribution in [0, 0.1) is 11.6 Å². The summed E-state index contributed by atoms with van der Waals surface area (Å²) in [4.78, 5) is 0. The minimum absolute atomic E-state index is 0.531. The average Bonchev–Trinajstić information content (AvgIpc) is 2.30. The minimum atomic E-state index is -0.552. The first kappa shape index (κ1) is 12.4. The summed E-state index contributed by atoms with van der Waals surface area (Å²) in [5.74, 6) is -1.10. The Bertz CT molecular complexity index is 521. The molecule has 0 saturated carbocycles. The van der Waals surface area contributed by atoms with Crippen molar-refractivity contribution in [2.24, 2.45) is 0 Å². The molecule has 0 aliphatic rings. The molecule has 0 aliphatic carbocycles. The van der Waals surface area contributed by atoms with Gasteiger partial charge in [-0.1, -0.05) is 12.1 Å². The zero-order valence-corrected chi connectivity index (χ0v) is 9.79. The van der Waals surface area contributed by atoms with E-state index in [2.05, 4.69) is 5.32 Å². The van der Waals surface area contributed by atoms with Gasteiger partial charge >= 0.3 is 0 Å². The van der Waals surface area contributed by atoms with Crippen LogP contribution in [-0.2, 0) is 6.42 Å². The van der Waals surface area contributed by atoms with Gasteiger partial charge in [0.1, 0.15) is 11.6 Å². The van der Waals surface area contributed by atoms with E-state index in [1.165, 1.54) is 12.1 Å². The van der Waals surface area contributed by atoms with E-state index < -0.39 is 11.6 Å². The zero-order valence-electron chi connectivity index (χ0n) is 9.79. The van der Waals surface area contributed by atoms with Gasteiger partial charge in [0.25, 0.3) is 0 Å². The number of benzene rings is 2. The quantitative estimate of drug-likeness (QED) is 0.815. The Morgan fingerprint density at radius 2 is 1.67 bits per heavy atom. The molecule has 0 aromatic heterocycles. The van der Waals surface area contributed by atoms with Crippen LogP contribution in [0.1, 0.15) is 5.56 Å². The summed E-state index contributed by atoms with van der Waals surface area (Å²) in [5.41, 5.74) is 7.87. The lowest BCUT2D eigenvalue weighted by Gasteiger charge is -2.09. The van der Waals surface area contributed by atoms with Gasteiger partial charge in [0.05, 0.1) is 11.4 Å². The Labute approximate surface area is 104 Å². The van der Waals surface area contributed by atoms with Crippen molar-refractivity contribution in [3.8, 4) is 0 Å². The molecule has 18 heavy (non-hydrogen) atoms. The van der Waals surface area contributed by atoms with Crippen LogP contribution in [0.3, 0.4) is 0 Å². The first-order valence-electron chi connectivity index (χ1n) is 5.68. The predicted molar refractivity (Wildman–Crippen MR) is 69.4 cm³/mol. The number of nitrogens with two attached hydrogens (primary N) is 1. The summed E-state index contributed by atoms with van der Waals surface area (Å²) in [6.45, 7) is 0.567. The highest BCUT2D eigenvalue weighted by Gasteiger charge is 2.01. The second kappa shape index (κ2) is 5.49. The van der Waals surface area contributed by atoms with Gasteiger partial charge in [-0.3, -0.25) is 0 Å². The zero-order chi connectivity index (χ0) is 13.0. The van der Waals surface area contributed by atoms with Crippen LogP contribution in [0.15, 0.2) is 42.5 Å². The highest BCUT2D eigenvalue weighted by molar-refractivity contribution is 5.65. The van der Waals surface area contributed by atoms with E-state index in [-0.39, 0.29) is 0 Å². The normalized spacial score (nSPS) is 10.3. The topological polar surface area (TPSA) is 38.0 Å². The SMILES string of the molecule is Nc1ccccc1NCCc1cc(F)cc(F)c1. The maximum Gasteiger partial charge on any atom is 0.126 e. The monoisotopic (exact) mass is 248 g/mol. The van der Waals surface area contributed by atoms with Crippen molar-refractivity contribution in [1.29, 1.82) is 0 Å². The molecule has 2 nitrogen and oxygen atoms in total. The lowest BCUT2D eigenvalue weighted by Crippen LogP contribution is -2.07. The molecule has 0 amide bonds. The van der Waals surface area contributed by atoms with E-state index >= 15 is 0 Å². The van der Waals surface area contributed by atoms with E-state index in [0.717, 1.165) is 11.8 Å². The Kier molecular flexibility index (Phi) is 3.77. The third kappa shape index (κ3) is 3.20. The summed E-state index contributed by atoms with van der Waals surface area (Å²) in [6.07, 6.45) is 0.531. The van der Waals surface area contributed by atoms with Crippen LogP contribution < -0.4 is 11.1 Å². The van der Waals surface area contributed by atoms with Crippen LogP contribution in [0.25, 0.3) is 0 Å². The van der Waals surface area contributed by atoms with Gasteiger partial charge in [0, 0.05) is 12.6 Å². The fraction of sp³-hybridized carbons (Fsp3) is 0.143. The van der Waals surface area contributed by atoms with Gasteiger partial charge in [-0.25, -0.2) is 8.78 Å². The molecule has 0 atom stereocenters. The average molecular weight is 248 g/mol. The molecule has 94 valence electrons. The van der Waals surface area contributed by atoms with Crippen molar-refractivity contribution in [3.05, 3.63) is 59.7 Å². The van der Waals surface area contributed by atoms with Crippen molar-refractivity contribution in [1.82, 2.24) is 0 Å². The van der Waals surface area contributed by atoms with Crippen LogP contribution in [-0.4, -0.2) is 6.54 Å². The summed E-state index contributed by atoms with van der Waals surface area (Å²) in [7, 11) is 0. The molecule has 0 heterocycles. The second-order valence-corrected chi connectivity index (χ2v) is 4.04. The molecule has 2 rings (SSSR count). The second-order valence-electron chi connectivity index (χ2n) is 4.04. The molecule has 0 saturated heterocycles. The molecular formula is C14H14F2N2. The van der Waals surface area contributed by atoms with E-state index in [1.807, 2.05) is 18.2 Å². The highest BCUT2D eigenvalue weighted by Crippen LogP contribution is 2.16. The third-order valence-corrected chi connectivity index (χ3v) is 2.61. The van der Waals surface area contributed by atoms with Gasteiger partial charge in [0.15, 0.2) is 0 Å². The summed E-state index contributed by atoms with van der Waals surface area (Å²) >= 11 is 0. The maximum absolute atomic E-state index is 13.0. The standard InChI is InChI=1S/C14H14F2N2/c15-11-7-10(8-12(16)9-11)5-6-18-14-4-2-1-3-13(14)17/h1-4,7-9,18H,5-6,17H2. The van der Waals surface area contributed by atoms with E-state index in [9.17, 15) is 8.78 Å². The van der Waals surface area contributed by atoms with Crippen molar-refractivity contribution in [3.63, 3.8) is 0 Å². The van der Waals surface area contributed by atoms with E-state index in [4.69, 9.17) is 5.73 Å². The Hall–Kier alpha value is -2.10. The Morgan fingerprint density at radius 1 is 1.00 bits per heavy atom. The molecular weight excluding hydrogens is 234 g/mol. The largest absolute Gasteiger partial charge is 0.397 e. The minimum Gasteiger partial charge on any atom is -0.397 e. The molecule has 2 aromatic rings. The lowest BCUT2D eigenvalue weighted by atomic mass is 10.1. The van der Waals surface area contributed by atoms with Gasteiger partial charge in [-0.15, -0.1) is 0 Å². The fourth-order valence-electron chi connectivity index (χ4n) is 1.75. The molecule has 0 bridgehead atoms. The van der Waals surface area contributed by atoms with Crippen molar-refractivity contribution in [2.45, 2.75) is 6.42 Å². The van der Waals surface area contributed by atoms with Gasteiger partial charge in [-0.2, -0.15) is 0 Å². The number of hydrogen-bond donors (Lipinski definition) is 2. The van der Waals surface area contributed by atoms with Crippen LogP contribution in [0.5, 0.6) is 0 Å². The van der Waals surface area contributed by atoms with Crippen LogP contribution in [0.2, 0.25) is 0 Å². The number of nitrogen functional groups attached to an aromatic ring is 1. The number of rotatable bonds is 4. The summed E-state index contributed by atoms with van der Waals surface area (Å²) in [6, 6.07) is 10.9. The van der Waals surface area contributed by atoms with Gasteiger partial charge in [0.2, 0.25) is 0 Å². The van der Waals surface area contributed by atoms with Crippen LogP contribution >= 0.6 is 0 Å². The van der Waals surface area contributed by atoms with E-state index in [1.54, 1.807) is 6.07 Å². The fourth-order valence-corrected chi connectivity index (χ4v) is 1.75. The molecule has 4 heteroatoms. The van der Waals surface area contributed by atoms with Gasteiger partial charge in [-0.05, 0) is 36.2 Å². The number of halogens is 2. The van der Waals surface area contributed by atoms with Gasteiger partial charge < -0.3 is 11.1 Å². The maximum atomic E-state index is 13.0. The number of para-hydroxylation sites is 2. The summed E-state index contributed by atoms with van der Waals surface area (Å²) in [5, 5.41) is 3.13. The Balaban J connectivity index is 1.94. The Morgan fingerprint density at radius 3 is 2.33 bits per heavy atom. The molecule has 0 radical (unpaired) electrons. The molecule has 0 spiro atoms. The summed E-state index contributed by atoms with van der Waals surface area (Å²) < 4.78 is 25.9. The predicted octanol–water partition coefficient (Wildman–Crippen LogP) is 3.20. The molecule has 0 aliphatic heterocycles. The number of hydrogen-bond acceptors (Lipinski definition) is 2. The third-order valence-electron chi connectivity index (χ3n) is 2.61. The molecule has 0 fully saturated rings.